The molecule has 0 aromatic heterocycles. The molecule has 3 nitrogen and oxygen atoms in total. The molecular weight excluding hydrogens is 222 g/mol. The highest BCUT2D eigenvalue weighted by molar-refractivity contribution is 7.94. The minimum atomic E-state index is -2.89. The largest absolute Gasteiger partial charge is 0.309 e. The molecule has 1 heterocycles. The monoisotopic (exact) mass is 241 g/mol. The van der Waals surface area contributed by atoms with Crippen LogP contribution in [0.3, 0.4) is 0 Å². The van der Waals surface area contributed by atoms with Gasteiger partial charge in [-0.1, -0.05) is 12.5 Å². The third-order valence-electron chi connectivity index (χ3n) is 4.46. The van der Waals surface area contributed by atoms with Crippen molar-refractivity contribution in [2.24, 2.45) is 17.8 Å². The summed E-state index contributed by atoms with van der Waals surface area (Å²) in [5.74, 6) is 2.95. The van der Waals surface area contributed by atoms with Gasteiger partial charge in [0.1, 0.15) is 0 Å². The van der Waals surface area contributed by atoms with Crippen molar-refractivity contribution >= 4 is 9.84 Å². The molecule has 2 bridgehead atoms. The lowest BCUT2D eigenvalue weighted by atomic mass is 9.89. The molecule has 4 heteroatoms. The summed E-state index contributed by atoms with van der Waals surface area (Å²) in [7, 11) is -2.89. The molecule has 2 aliphatic carbocycles. The van der Waals surface area contributed by atoms with E-state index in [1.54, 1.807) is 6.08 Å². The zero-order chi connectivity index (χ0) is 11.2. The molecule has 1 N–H and O–H groups in total. The first-order valence-electron chi connectivity index (χ1n) is 6.27. The van der Waals surface area contributed by atoms with Crippen LogP contribution in [-0.2, 0) is 9.84 Å². The SMILES string of the molecule is O=S1(=O)C=CC(NCC2CC3CCC2C3)C1. The Morgan fingerprint density at radius 3 is 2.69 bits per heavy atom. The molecule has 90 valence electrons. The van der Waals surface area contributed by atoms with Gasteiger partial charge in [-0.05, 0) is 43.6 Å². The van der Waals surface area contributed by atoms with Gasteiger partial charge < -0.3 is 5.32 Å². The molecule has 0 spiro atoms. The number of rotatable bonds is 3. The number of hydrogen-bond acceptors (Lipinski definition) is 3. The number of nitrogens with one attached hydrogen (secondary N) is 1. The highest BCUT2D eigenvalue weighted by Crippen LogP contribution is 2.47. The molecule has 2 saturated carbocycles. The Hall–Kier alpha value is -0.350. The van der Waals surface area contributed by atoms with Crippen LogP contribution in [0, 0.1) is 17.8 Å². The first-order valence-corrected chi connectivity index (χ1v) is 7.98. The van der Waals surface area contributed by atoms with Crippen LogP contribution in [0.15, 0.2) is 11.5 Å². The van der Waals surface area contributed by atoms with Gasteiger partial charge in [0.2, 0.25) is 0 Å². The van der Waals surface area contributed by atoms with Gasteiger partial charge in [-0.15, -0.1) is 0 Å². The average molecular weight is 241 g/mol. The van der Waals surface area contributed by atoms with Crippen LogP contribution in [-0.4, -0.2) is 26.8 Å². The van der Waals surface area contributed by atoms with Gasteiger partial charge in [-0.2, -0.15) is 0 Å². The van der Waals surface area contributed by atoms with Crippen molar-refractivity contribution in [2.75, 3.05) is 12.3 Å². The van der Waals surface area contributed by atoms with Gasteiger partial charge in [0.05, 0.1) is 5.75 Å². The van der Waals surface area contributed by atoms with E-state index in [0.29, 0.717) is 0 Å². The van der Waals surface area contributed by atoms with Crippen LogP contribution in [0.4, 0.5) is 0 Å². The summed E-state index contributed by atoms with van der Waals surface area (Å²) in [5.41, 5.74) is 0. The Morgan fingerprint density at radius 1 is 1.25 bits per heavy atom. The van der Waals surface area contributed by atoms with E-state index in [2.05, 4.69) is 5.32 Å². The minimum Gasteiger partial charge on any atom is -0.309 e. The zero-order valence-electron chi connectivity index (χ0n) is 9.43. The molecule has 4 atom stereocenters. The second kappa shape index (κ2) is 3.84. The van der Waals surface area contributed by atoms with Crippen molar-refractivity contribution in [3.05, 3.63) is 11.5 Å². The van der Waals surface area contributed by atoms with Crippen LogP contribution in [0.1, 0.15) is 25.7 Å². The van der Waals surface area contributed by atoms with Crippen LogP contribution >= 0.6 is 0 Å². The summed E-state index contributed by atoms with van der Waals surface area (Å²) in [4.78, 5) is 0. The van der Waals surface area contributed by atoms with Crippen molar-refractivity contribution in [1.82, 2.24) is 5.32 Å². The minimum absolute atomic E-state index is 0.0594. The lowest BCUT2D eigenvalue weighted by molar-refractivity contribution is 0.315. The first kappa shape index (κ1) is 10.8. The van der Waals surface area contributed by atoms with Gasteiger partial charge in [-0.25, -0.2) is 8.42 Å². The molecule has 16 heavy (non-hydrogen) atoms. The van der Waals surface area contributed by atoms with E-state index >= 15 is 0 Å². The Labute approximate surface area is 97.2 Å². The maximum Gasteiger partial charge on any atom is 0.173 e. The third kappa shape index (κ3) is 2.05. The summed E-state index contributed by atoms with van der Waals surface area (Å²) < 4.78 is 22.5. The predicted molar refractivity (Wildman–Crippen MR) is 63.7 cm³/mol. The molecule has 0 amide bonds. The number of fused-ring (bicyclic) bond motifs is 2. The molecule has 0 aromatic carbocycles. The lowest BCUT2D eigenvalue weighted by Crippen LogP contribution is -2.35. The lowest BCUT2D eigenvalue weighted by Gasteiger charge is -2.23. The average Bonchev–Trinajstić information content (AvgIpc) is 2.89. The van der Waals surface area contributed by atoms with E-state index in [1.165, 1.54) is 31.1 Å². The van der Waals surface area contributed by atoms with Crippen LogP contribution in [0.5, 0.6) is 0 Å². The molecule has 0 saturated heterocycles. The van der Waals surface area contributed by atoms with Gasteiger partial charge in [0, 0.05) is 11.4 Å². The third-order valence-corrected chi connectivity index (χ3v) is 5.85. The molecule has 0 radical (unpaired) electrons. The van der Waals surface area contributed by atoms with Gasteiger partial charge in [0.15, 0.2) is 9.84 Å². The fourth-order valence-electron chi connectivity index (χ4n) is 3.63. The maximum atomic E-state index is 11.2. The van der Waals surface area contributed by atoms with Gasteiger partial charge in [-0.3, -0.25) is 0 Å². The van der Waals surface area contributed by atoms with E-state index in [1.807, 2.05) is 0 Å². The summed E-state index contributed by atoms with van der Waals surface area (Å²) >= 11 is 0. The molecule has 0 aromatic rings. The highest BCUT2D eigenvalue weighted by atomic mass is 32.2. The van der Waals surface area contributed by atoms with E-state index in [0.717, 1.165) is 24.3 Å². The van der Waals surface area contributed by atoms with Gasteiger partial charge >= 0.3 is 0 Å². The molecule has 2 fully saturated rings. The molecule has 3 aliphatic rings. The van der Waals surface area contributed by atoms with Crippen LogP contribution in [0.25, 0.3) is 0 Å². The number of sulfone groups is 1. The van der Waals surface area contributed by atoms with Crippen molar-refractivity contribution in [1.29, 1.82) is 0 Å². The topological polar surface area (TPSA) is 46.2 Å². The van der Waals surface area contributed by atoms with Crippen molar-refractivity contribution in [2.45, 2.75) is 31.7 Å². The zero-order valence-corrected chi connectivity index (χ0v) is 10.2. The second-order valence-electron chi connectivity index (χ2n) is 5.61. The second-order valence-corrected chi connectivity index (χ2v) is 7.54. The van der Waals surface area contributed by atoms with Crippen molar-refractivity contribution in [3.63, 3.8) is 0 Å². The quantitative estimate of drug-likeness (QED) is 0.810. The van der Waals surface area contributed by atoms with E-state index in [9.17, 15) is 8.42 Å². The summed E-state index contributed by atoms with van der Waals surface area (Å²) in [6.45, 7) is 1.01. The maximum absolute atomic E-state index is 11.2. The Morgan fingerprint density at radius 2 is 2.12 bits per heavy atom. The first-order chi connectivity index (χ1) is 7.62. The molecular formula is C12H19NO2S. The molecule has 4 unspecified atom stereocenters. The number of hydrogen-bond donors (Lipinski definition) is 1. The fourth-order valence-corrected chi connectivity index (χ4v) is 4.90. The Kier molecular flexibility index (Phi) is 2.59. The van der Waals surface area contributed by atoms with Gasteiger partial charge in [0.25, 0.3) is 0 Å². The van der Waals surface area contributed by atoms with Crippen molar-refractivity contribution < 1.29 is 8.42 Å². The summed E-state index contributed by atoms with van der Waals surface area (Å²) in [6.07, 6.45) is 7.41. The van der Waals surface area contributed by atoms with Crippen LogP contribution in [0.2, 0.25) is 0 Å². The van der Waals surface area contributed by atoms with E-state index in [4.69, 9.17) is 0 Å². The molecule has 3 rings (SSSR count). The van der Waals surface area contributed by atoms with Crippen LogP contribution < -0.4 is 5.32 Å². The fraction of sp³-hybridized carbons (Fsp3) is 0.833. The van der Waals surface area contributed by atoms with E-state index < -0.39 is 9.84 Å². The Balaban J connectivity index is 1.50. The Bertz CT molecular complexity index is 401. The standard InChI is InChI=1S/C12H19NO2S/c14-16(15)4-3-12(8-16)13-7-11-6-9-1-2-10(11)5-9/h3-4,9-13H,1-2,5-8H2. The summed E-state index contributed by atoms with van der Waals surface area (Å²) in [6, 6.07) is 0.0594. The molecule has 1 aliphatic heterocycles. The normalized spacial score (nSPS) is 44.2. The van der Waals surface area contributed by atoms with Crippen molar-refractivity contribution in [3.8, 4) is 0 Å². The highest BCUT2D eigenvalue weighted by Gasteiger charge is 2.39. The smallest absolute Gasteiger partial charge is 0.173 e. The summed E-state index contributed by atoms with van der Waals surface area (Å²) in [5, 5.41) is 4.75. The predicted octanol–water partition coefficient (Wildman–Crippen LogP) is 1.32. The van der Waals surface area contributed by atoms with E-state index in [-0.39, 0.29) is 11.8 Å².